The monoisotopic (exact) mass is 309 g/mol. The van der Waals surface area contributed by atoms with Crippen molar-refractivity contribution in [3.05, 3.63) is 33.5 Å². The summed E-state index contributed by atoms with van der Waals surface area (Å²) in [6.07, 6.45) is 4.37. The van der Waals surface area contributed by atoms with Crippen molar-refractivity contribution < 1.29 is 9.66 Å². The lowest BCUT2D eigenvalue weighted by atomic mass is 10.2. The lowest BCUT2D eigenvalue weighted by Gasteiger charge is -2.07. The molecule has 0 unspecified atom stereocenters. The molecule has 1 heterocycles. The van der Waals surface area contributed by atoms with E-state index >= 15 is 0 Å². The molecule has 112 valence electrons. The maximum atomic E-state index is 10.7. The van der Waals surface area contributed by atoms with Crippen molar-refractivity contribution in [2.75, 3.05) is 6.61 Å². The number of nitrogens with zero attached hydrogens (tertiary/aromatic N) is 3. The molecule has 2 aromatic rings. The fourth-order valence-corrected chi connectivity index (χ4v) is 2.10. The predicted octanol–water partition coefficient (Wildman–Crippen LogP) is 4.15. The summed E-state index contributed by atoms with van der Waals surface area (Å²) in [5.74, 6) is 0.273. The molecule has 0 fully saturated rings. The van der Waals surface area contributed by atoms with Crippen LogP contribution in [0.1, 0.15) is 32.6 Å². The van der Waals surface area contributed by atoms with E-state index in [2.05, 4.69) is 16.9 Å². The number of benzene rings is 1. The van der Waals surface area contributed by atoms with Crippen molar-refractivity contribution in [1.82, 2.24) is 9.97 Å². The molecule has 0 amide bonds. The van der Waals surface area contributed by atoms with E-state index < -0.39 is 4.92 Å². The molecule has 0 bridgehead atoms. The van der Waals surface area contributed by atoms with Crippen LogP contribution in [0.5, 0.6) is 5.88 Å². The number of aromatic nitrogens is 2. The van der Waals surface area contributed by atoms with Crippen LogP contribution < -0.4 is 4.74 Å². The van der Waals surface area contributed by atoms with Gasteiger partial charge in [-0.05, 0) is 12.5 Å². The fraction of sp³-hybridized carbons (Fsp3) is 0.429. The molecular formula is C14H16ClN3O3. The van der Waals surface area contributed by atoms with Crippen molar-refractivity contribution in [1.29, 1.82) is 0 Å². The number of nitro groups is 1. The summed E-state index contributed by atoms with van der Waals surface area (Å²) in [5, 5.41) is 10.8. The third kappa shape index (κ3) is 4.01. The Morgan fingerprint density at radius 1 is 1.24 bits per heavy atom. The molecule has 0 aliphatic carbocycles. The van der Waals surface area contributed by atoms with Crippen molar-refractivity contribution >= 4 is 28.3 Å². The summed E-state index contributed by atoms with van der Waals surface area (Å²) >= 11 is 6.01. The topological polar surface area (TPSA) is 78.2 Å². The smallest absolute Gasteiger partial charge is 0.271 e. The van der Waals surface area contributed by atoms with E-state index in [0.717, 1.165) is 19.3 Å². The highest BCUT2D eigenvalue weighted by Crippen LogP contribution is 2.25. The molecule has 0 saturated carbocycles. The molecule has 1 aromatic carbocycles. The highest BCUT2D eigenvalue weighted by atomic mass is 35.5. The predicted molar refractivity (Wildman–Crippen MR) is 80.8 cm³/mol. The summed E-state index contributed by atoms with van der Waals surface area (Å²) in [4.78, 5) is 18.6. The maximum absolute atomic E-state index is 10.7. The zero-order valence-corrected chi connectivity index (χ0v) is 12.5. The van der Waals surface area contributed by atoms with Crippen molar-refractivity contribution in [2.24, 2.45) is 0 Å². The summed E-state index contributed by atoms with van der Waals surface area (Å²) < 4.78 is 5.53. The molecule has 0 atom stereocenters. The lowest BCUT2D eigenvalue weighted by Crippen LogP contribution is -2.01. The van der Waals surface area contributed by atoms with Gasteiger partial charge >= 0.3 is 0 Å². The van der Waals surface area contributed by atoms with Crippen LogP contribution in [0.25, 0.3) is 11.0 Å². The molecule has 6 nitrogen and oxygen atoms in total. The molecule has 2 rings (SSSR count). The van der Waals surface area contributed by atoms with E-state index in [-0.39, 0.29) is 16.7 Å². The van der Waals surface area contributed by atoms with E-state index in [9.17, 15) is 10.1 Å². The second kappa shape index (κ2) is 7.17. The van der Waals surface area contributed by atoms with Crippen LogP contribution >= 0.6 is 11.6 Å². The van der Waals surface area contributed by atoms with Gasteiger partial charge in [-0.15, -0.1) is 0 Å². The van der Waals surface area contributed by atoms with Crippen LogP contribution in [-0.2, 0) is 0 Å². The van der Waals surface area contributed by atoms with Gasteiger partial charge in [0.05, 0.1) is 22.6 Å². The summed E-state index contributed by atoms with van der Waals surface area (Å²) in [6.45, 7) is 2.68. The molecule has 0 N–H and O–H groups in total. The molecule has 0 aliphatic rings. The molecule has 21 heavy (non-hydrogen) atoms. The minimum atomic E-state index is -0.479. The standard InChI is InChI=1S/C14H16ClN3O3/c1-2-3-4-5-8-21-14-13(15)16-12-9-10(18(19)20)6-7-11(12)17-14/h6-7,9H,2-5,8H2,1H3. The number of hydrogen-bond acceptors (Lipinski definition) is 5. The zero-order valence-electron chi connectivity index (χ0n) is 11.7. The number of halogens is 1. The van der Waals surface area contributed by atoms with Crippen LogP contribution in [0.2, 0.25) is 5.15 Å². The Morgan fingerprint density at radius 3 is 2.76 bits per heavy atom. The maximum Gasteiger partial charge on any atom is 0.271 e. The molecule has 0 spiro atoms. The number of non-ortho nitro benzene ring substituents is 1. The third-order valence-corrected chi connectivity index (χ3v) is 3.27. The summed E-state index contributed by atoms with van der Waals surface area (Å²) in [7, 11) is 0. The molecule has 0 aliphatic heterocycles. The number of hydrogen-bond donors (Lipinski definition) is 0. The van der Waals surface area contributed by atoms with Crippen molar-refractivity contribution in [3.8, 4) is 5.88 Å². The van der Waals surface area contributed by atoms with E-state index in [1.165, 1.54) is 18.6 Å². The van der Waals surface area contributed by atoms with Crippen LogP contribution in [0.4, 0.5) is 5.69 Å². The summed E-state index contributed by atoms with van der Waals surface area (Å²) in [5.41, 5.74) is 0.863. The van der Waals surface area contributed by atoms with Gasteiger partial charge in [0, 0.05) is 12.1 Å². The van der Waals surface area contributed by atoms with Crippen LogP contribution in [-0.4, -0.2) is 21.5 Å². The van der Waals surface area contributed by atoms with Crippen LogP contribution in [0.3, 0.4) is 0 Å². The second-order valence-corrected chi connectivity index (χ2v) is 5.02. The van der Waals surface area contributed by atoms with Crippen LogP contribution in [0, 0.1) is 10.1 Å². The quantitative estimate of drug-likeness (QED) is 0.436. The molecule has 7 heteroatoms. The molecular weight excluding hydrogens is 294 g/mol. The van der Waals surface area contributed by atoms with Gasteiger partial charge in [0.25, 0.3) is 11.6 Å². The average Bonchev–Trinajstić information content (AvgIpc) is 2.46. The van der Waals surface area contributed by atoms with Crippen molar-refractivity contribution in [2.45, 2.75) is 32.6 Å². The van der Waals surface area contributed by atoms with Gasteiger partial charge in [-0.1, -0.05) is 37.8 Å². The molecule has 0 radical (unpaired) electrons. The number of fused-ring (bicyclic) bond motifs is 1. The van der Waals surface area contributed by atoms with E-state index in [1.807, 2.05) is 0 Å². The van der Waals surface area contributed by atoms with Gasteiger partial charge in [-0.25, -0.2) is 9.97 Å². The zero-order chi connectivity index (χ0) is 15.2. The number of unbranched alkanes of at least 4 members (excludes halogenated alkanes) is 3. The van der Waals surface area contributed by atoms with E-state index in [0.29, 0.717) is 17.6 Å². The highest BCUT2D eigenvalue weighted by molar-refractivity contribution is 6.31. The summed E-state index contributed by atoms with van der Waals surface area (Å²) in [6, 6.07) is 4.27. The fourth-order valence-electron chi connectivity index (χ4n) is 1.91. The first kappa shape index (κ1) is 15.4. The van der Waals surface area contributed by atoms with Crippen LogP contribution in [0.15, 0.2) is 18.2 Å². The first-order valence-corrected chi connectivity index (χ1v) is 7.24. The second-order valence-electron chi connectivity index (χ2n) is 4.66. The first-order chi connectivity index (χ1) is 10.1. The first-order valence-electron chi connectivity index (χ1n) is 6.86. The Balaban J connectivity index is 2.13. The minimum absolute atomic E-state index is 0.0406. The normalized spacial score (nSPS) is 10.8. The molecule has 1 aromatic heterocycles. The van der Waals surface area contributed by atoms with Gasteiger partial charge in [-0.2, -0.15) is 0 Å². The lowest BCUT2D eigenvalue weighted by molar-refractivity contribution is -0.384. The number of nitro benzene ring substituents is 1. The Morgan fingerprint density at radius 2 is 2.05 bits per heavy atom. The van der Waals surface area contributed by atoms with Gasteiger partial charge in [-0.3, -0.25) is 10.1 Å². The number of ether oxygens (including phenoxy) is 1. The van der Waals surface area contributed by atoms with E-state index in [4.69, 9.17) is 16.3 Å². The largest absolute Gasteiger partial charge is 0.475 e. The Hall–Kier alpha value is -1.95. The Bertz CT molecular complexity index is 649. The van der Waals surface area contributed by atoms with E-state index in [1.54, 1.807) is 6.07 Å². The minimum Gasteiger partial charge on any atom is -0.475 e. The number of rotatable bonds is 7. The van der Waals surface area contributed by atoms with Gasteiger partial charge < -0.3 is 4.74 Å². The molecule has 0 saturated heterocycles. The Labute approximate surface area is 127 Å². The Kier molecular flexibility index (Phi) is 5.27. The van der Waals surface area contributed by atoms with Gasteiger partial charge in [0.2, 0.25) is 0 Å². The van der Waals surface area contributed by atoms with Gasteiger partial charge in [0.1, 0.15) is 0 Å². The highest BCUT2D eigenvalue weighted by Gasteiger charge is 2.12. The SMILES string of the molecule is CCCCCCOc1nc2ccc([N+](=O)[O-])cc2nc1Cl. The van der Waals surface area contributed by atoms with Crippen molar-refractivity contribution in [3.63, 3.8) is 0 Å². The average molecular weight is 310 g/mol. The third-order valence-electron chi connectivity index (χ3n) is 3.02. The van der Waals surface area contributed by atoms with Gasteiger partial charge in [0.15, 0.2) is 5.15 Å².